The van der Waals surface area contributed by atoms with Gasteiger partial charge in [-0.15, -0.1) is 0 Å². The number of nitrogens with one attached hydrogen (secondary N) is 2. The van der Waals surface area contributed by atoms with Crippen molar-refractivity contribution in [2.75, 3.05) is 52.7 Å². The Morgan fingerprint density at radius 2 is 1.12 bits per heavy atom. The van der Waals surface area contributed by atoms with Crippen LogP contribution in [0.15, 0.2) is 24.3 Å². The van der Waals surface area contributed by atoms with Crippen molar-refractivity contribution in [3.63, 3.8) is 0 Å². The molecule has 4 N–H and O–H groups in total. The van der Waals surface area contributed by atoms with E-state index in [9.17, 15) is 9.59 Å². The van der Waals surface area contributed by atoms with Crippen LogP contribution in [0.4, 0.5) is 0 Å². The van der Waals surface area contributed by atoms with E-state index in [0.717, 1.165) is 0 Å². The van der Waals surface area contributed by atoms with Crippen LogP contribution in [0.3, 0.4) is 0 Å². The molecule has 0 heterocycles. The number of carbonyl (C=O) groups excluding carboxylic acids is 2. The summed E-state index contributed by atoms with van der Waals surface area (Å²) in [7, 11) is 0. The fraction of sp³-hybridized carbons (Fsp3) is 0.500. The molecule has 0 radical (unpaired) electrons. The Kier molecular flexibility index (Phi) is 10.4. The maximum Gasteiger partial charge on any atom is 0.251 e. The van der Waals surface area contributed by atoms with Crippen molar-refractivity contribution in [2.45, 2.75) is 0 Å². The summed E-state index contributed by atoms with van der Waals surface area (Å²) in [6, 6.07) is 6.28. The minimum Gasteiger partial charge on any atom is -0.394 e. The van der Waals surface area contributed by atoms with Gasteiger partial charge in [-0.3, -0.25) is 9.59 Å². The SMILES string of the molecule is O=C(NCCOCCO)c1ccc(C(=O)NCCOCCO)cc1. The lowest BCUT2D eigenvalue weighted by molar-refractivity contribution is 0.0831. The molecular weight excluding hydrogens is 316 g/mol. The third-order valence-electron chi connectivity index (χ3n) is 2.94. The van der Waals surface area contributed by atoms with Gasteiger partial charge in [-0.05, 0) is 24.3 Å². The van der Waals surface area contributed by atoms with Crippen LogP contribution in [-0.2, 0) is 9.47 Å². The average molecular weight is 340 g/mol. The lowest BCUT2D eigenvalue weighted by atomic mass is 10.1. The van der Waals surface area contributed by atoms with E-state index >= 15 is 0 Å². The lowest BCUT2D eigenvalue weighted by Gasteiger charge is -2.08. The van der Waals surface area contributed by atoms with E-state index in [2.05, 4.69) is 10.6 Å². The summed E-state index contributed by atoms with van der Waals surface area (Å²) in [5, 5.41) is 22.5. The third kappa shape index (κ3) is 8.02. The standard InChI is InChI=1S/C16H24N2O6/c19-7-11-23-9-5-17-15(21)13-1-2-14(4-3-13)16(22)18-6-10-24-12-8-20/h1-4,19-20H,5-12H2,(H,17,21)(H,18,22). The van der Waals surface area contributed by atoms with Crippen LogP contribution in [0.25, 0.3) is 0 Å². The number of hydrogen-bond acceptors (Lipinski definition) is 6. The monoisotopic (exact) mass is 340 g/mol. The molecule has 0 spiro atoms. The van der Waals surface area contributed by atoms with Crippen molar-refractivity contribution < 1.29 is 29.3 Å². The summed E-state index contributed by atoms with van der Waals surface area (Å²) in [5.74, 6) is -0.515. The Bertz CT molecular complexity index is 447. The van der Waals surface area contributed by atoms with Gasteiger partial charge in [0.25, 0.3) is 11.8 Å². The fourth-order valence-electron chi connectivity index (χ4n) is 1.78. The zero-order valence-electron chi connectivity index (χ0n) is 13.5. The molecular formula is C16H24N2O6. The van der Waals surface area contributed by atoms with Gasteiger partial charge < -0.3 is 30.3 Å². The Morgan fingerprint density at radius 3 is 1.46 bits per heavy atom. The number of benzene rings is 1. The van der Waals surface area contributed by atoms with Gasteiger partial charge in [0.1, 0.15) is 0 Å². The van der Waals surface area contributed by atoms with Crippen molar-refractivity contribution in [3.05, 3.63) is 35.4 Å². The summed E-state index contributed by atoms with van der Waals surface area (Å²) < 4.78 is 10.1. The van der Waals surface area contributed by atoms with Gasteiger partial charge in [-0.1, -0.05) is 0 Å². The molecule has 0 aliphatic heterocycles. The van der Waals surface area contributed by atoms with Crippen LogP contribution in [0.2, 0.25) is 0 Å². The first-order chi connectivity index (χ1) is 11.7. The summed E-state index contributed by atoms with van der Waals surface area (Å²) in [4.78, 5) is 23.8. The number of rotatable bonds is 12. The molecule has 8 heteroatoms. The Labute approximate surface area is 140 Å². The Balaban J connectivity index is 2.33. The van der Waals surface area contributed by atoms with Gasteiger partial charge in [0.15, 0.2) is 0 Å². The normalized spacial score (nSPS) is 10.4. The number of carbonyl (C=O) groups is 2. The number of ether oxygens (including phenoxy) is 2. The van der Waals surface area contributed by atoms with Crippen LogP contribution in [0, 0.1) is 0 Å². The zero-order chi connectivity index (χ0) is 17.6. The highest BCUT2D eigenvalue weighted by Crippen LogP contribution is 2.04. The molecule has 8 nitrogen and oxygen atoms in total. The Morgan fingerprint density at radius 1 is 0.750 bits per heavy atom. The zero-order valence-corrected chi connectivity index (χ0v) is 13.5. The number of aliphatic hydroxyl groups excluding tert-OH is 2. The molecule has 0 aromatic heterocycles. The summed E-state index contributed by atoms with van der Waals surface area (Å²) in [6.07, 6.45) is 0. The molecule has 0 aliphatic carbocycles. The quantitative estimate of drug-likeness (QED) is 0.369. The summed E-state index contributed by atoms with van der Waals surface area (Å²) in [6.45, 7) is 1.71. The van der Waals surface area contributed by atoms with Gasteiger partial charge in [0, 0.05) is 24.2 Å². The van der Waals surface area contributed by atoms with Crippen LogP contribution in [-0.4, -0.2) is 74.8 Å². The van der Waals surface area contributed by atoms with Gasteiger partial charge >= 0.3 is 0 Å². The van der Waals surface area contributed by atoms with E-state index in [1.165, 1.54) is 0 Å². The van der Waals surface area contributed by atoms with E-state index in [1.807, 2.05) is 0 Å². The molecule has 0 bridgehead atoms. The first kappa shape index (κ1) is 20.0. The predicted molar refractivity (Wildman–Crippen MR) is 86.9 cm³/mol. The van der Waals surface area contributed by atoms with Gasteiger partial charge in [-0.2, -0.15) is 0 Å². The second kappa shape index (κ2) is 12.4. The molecule has 0 fully saturated rings. The van der Waals surface area contributed by atoms with Crippen molar-refractivity contribution in [1.82, 2.24) is 10.6 Å². The third-order valence-corrected chi connectivity index (χ3v) is 2.94. The van der Waals surface area contributed by atoms with Crippen molar-refractivity contribution in [2.24, 2.45) is 0 Å². The number of aliphatic hydroxyl groups is 2. The molecule has 1 aromatic rings. The van der Waals surface area contributed by atoms with E-state index < -0.39 is 0 Å². The molecule has 2 amide bonds. The first-order valence-corrected chi connectivity index (χ1v) is 7.72. The van der Waals surface area contributed by atoms with Gasteiger partial charge in [0.2, 0.25) is 0 Å². The van der Waals surface area contributed by atoms with Crippen molar-refractivity contribution in [1.29, 1.82) is 0 Å². The Hall–Kier alpha value is -2.00. The molecule has 1 aromatic carbocycles. The van der Waals surface area contributed by atoms with E-state index in [0.29, 0.717) is 37.4 Å². The second-order valence-electron chi connectivity index (χ2n) is 4.76. The number of hydrogen-bond donors (Lipinski definition) is 4. The molecule has 0 aliphatic rings. The van der Waals surface area contributed by atoms with Crippen LogP contribution < -0.4 is 10.6 Å². The highest BCUT2D eigenvalue weighted by Gasteiger charge is 2.08. The molecule has 0 unspecified atom stereocenters. The summed E-state index contributed by atoms with van der Waals surface area (Å²) in [5.41, 5.74) is 0.889. The molecule has 0 saturated carbocycles. The van der Waals surface area contributed by atoms with Crippen LogP contribution >= 0.6 is 0 Å². The minimum atomic E-state index is -0.257. The van der Waals surface area contributed by atoms with Crippen LogP contribution in [0.1, 0.15) is 20.7 Å². The van der Waals surface area contributed by atoms with Gasteiger partial charge in [-0.25, -0.2) is 0 Å². The highest BCUT2D eigenvalue weighted by molar-refractivity contribution is 5.97. The van der Waals surface area contributed by atoms with Crippen molar-refractivity contribution in [3.8, 4) is 0 Å². The minimum absolute atomic E-state index is 0.0506. The molecule has 24 heavy (non-hydrogen) atoms. The molecule has 0 saturated heterocycles. The van der Waals surface area contributed by atoms with E-state index in [1.54, 1.807) is 24.3 Å². The second-order valence-corrected chi connectivity index (χ2v) is 4.76. The van der Waals surface area contributed by atoms with E-state index in [4.69, 9.17) is 19.7 Å². The fourth-order valence-corrected chi connectivity index (χ4v) is 1.78. The number of amides is 2. The van der Waals surface area contributed by atoms with Gasteiger partial charge in [0.05, 0.1) is 39.6 Å². The molecule has 0 atom stereocenters. The smallest absolute Gasteiger partial charge is 0.251 e. The van der Waals surface area contributed by atoms with E-state index in [-0.39, 0.29) is 38.2 Å². The largest absolute Gasteiger partial charge is 0.394 e. The lowest BCUT2D eigenvalue weighted by Crippen LogP contribution is -2.28. The highest BCUT2D eigenvalue weighted by atomic mass is 16.5. The van der Waals surface area contributed by atoms with Crippen LogP contribution in [0.5, 0.6) is 0 Å². The average Bonchev–Trinajstić information content (AvgIpc) is 2.61. The summed E-state index contributed by atoms with van der Waals surface area (Å²) >= 11 is 0. The molecule has 1 rings (SSSR count). The topological polar surface area (TPSA) is 117 Å². The predicted octanol–water partition coefficient (Wildman–Crippen LogP) is -0.836. The maximum absolute atomic E-state index is 11.9. The molecule has 134 valence electrons. The maximum atomic E-state index is 11.9. The van der Waals surface area contributed by atoms with Crippen molar-refractivity contribution >= 4 is 11.8 Å². The first-order valence-electron chi connectivity index (χ1n) is 7.72.